The first-order valence-electron chi connectivity index (χ1n) is 9.59. The predicted molar refractivity (Wildman–Crippen MR) is 110 cm³/mol. The number of likely N-dealkylation sites (N-methyl/N-ethyl adjacent to an activating group) is 2. The van der Waals surface area contributed by atoms with Gasteiger partial charge in [0.2, 0.25) is 11.8 Å². The van der Waals surface area contributed by atoms with E-state index in [9.17, 15) is 9.59 Å². The van der Waals surface area contributed by atoms with Gasteiger partial charge >= 0.3 is 0 Å². The second kappa shape index (κ2) is 12.7. The molecule has 0 saturated carbocycles. The van der Waals surface area contributed by atoms with Crippen LogP contribution in [-0.4, -0.2) is 73.9 Å². The molecule has 0 aliphatic heterocycles. The van der Waals surface area contributed by atoms with Gasteiger partial charge in [-0.25, -0.2) is 4.99 Å². The molecule has 2 amide bonds. The molecule has 7 nitrogen and oxygen atoms in total. The van der Waals surface area contributed by atoms with Crippen LogP contribution in [0.15, 0.2) is 35.3 Å². The molecule has 0 aliphatic carbocycles. The quantitative estimate of drug-likeness (QED) is 0.474. The van der Waals surface area contributed by atoms with Crippen LogP contribution in [0, 0.1) is 0 Å². The van der Waals surface area contributed by atoms with Crippen molar-refractivity contribution in [1.29, 1.82) is 0 Å². The lowest BCUT2D eigenvalue weighted by Gasteiger charge is -2.25. The van der Waals surface area contributed by atoms with E-state index < -0.39 is 0 Å². The summed E-state index contributed by atoms with van der Waals surface area (Å²) in [4.78, 5) is 32.2. The Hall–Kier alpha value is -2.57. The number of amides is 2. The molecule has 27 heavy (non-hydrogen) atoms. The summed E-state index contributed by atoms with van der Waals surface area (Å²) in [5.74, 6) is 0.460. The lowest BCUT2D eigenvalue weighted by atomic mass is 10.1. The number of carbonyl (C=O) groups excluding carboxylic acids is 2. The fraction of sp³-hybridized carbons (Fsp3) is 0.550. The van der Waals surface area contributed by atoms with E-state index in [2.05, 4.69) is 15.6 Å². The summed E-state index contributed by atoms with van der Waals surface area (Å²) in [7, 11) is 1.80. The lowest BCUT2D eigenvalue weighted by molar-refractivity contribution is -0.131. The molecule has 1 aromatic rings. The van der Waals surface area contributed by atoms with Crippen molar-refractivity contribution >= 4 is 17.8 Å². The van der Waals surface area contributed by atoms with Crippen molar-refractivity contribution < 1.29 is 9.59 Å². The van der Waals surface area contributed by atoms with Gasteiger partial charge in [-0.2, -0.15) is 0 Å². The monoisotopic (exact) mass is 375 g/mol. The molecule has 150 valence electrons. The normalized spacial score (nSPS) is 11.0. The number of benzene rings is 1. The van der Waals surface area contributed by atoms with Crippen LogP contribution in [0.3, 0.4) is 0 Å². The first-order valence-corrected chi connectivity index (χ1v) is 9.59. The highest BCUT2D eigenvalue weighted by Gasteiger charge is 2.15. The smallest absolute Gasteiger partial charge is 0.242 e. The zero-order valence-corrected chi connectivity index (χ0v) is 17.0. The van der Waals surface area contributed by atoms with Crippen LogP contribution in [0.4, 0.5) is 0 Å². The van der Waals surface area contributed by atoms with Gasteiger partial charge in [-0.15, -0.1) is 0 Å². The van der Waals surface area contributed by atoms with E-state index in [1.165, 1.54) is 5.56 Å². The summed E-state index contributed by atoms with van der Waals surface area (Å²) in [6.07, 6.45) is 0.786. The summed E-state index contributed by atoms with van der Waals surface area (Å²) < 4.78 is 0. The topological polar surface area (TPSA) is 77.0 Å². The van der Waals surface area contributed by atoms with Crippen molar-refractivity contribution in [3.05, 3.63) is 35.9 Å². The molecule has 0 unspecified atom stereocenters. The Kier molecular flexibility index (Phi) is 10.6. The highest BCUT2D eigenvalue weighted by Crippen LogP contribution is 1.98. The molecule has 0 atom stereocenters. The maximum atomic E-state index is 12.3. The highest BCUT2D eigenvalue weighted by atomic mass is 16.2. The molecular weight excluding hydrogens is 342 g/mol. The molecule has 0 saturated heterocycles. The maximum Gasteiger partial charge on any atom is 0.242 e. The number of nitrogens with zero attached hydrogens (tertiary/aromatic N) is 3. The molecule has 0 fully saturated rings. The Bertz CT molecular complexity index is 600. The van der Waals surface area contributed by atoms with E-state index in [-0.39, 0.29) is 24.9 Å². The predicted octanol–water partition coefficient (Wildman–Crippen LogP) is 1.11. The van der Waals surface area contributed by atoms with Crippen molar-refractivity contribution in [1.82, 2.24) is 20.4 Å². The fourth-order valence-electron chi connectivity index (χ4n) is 2.62. The summed E-state index contributed by atoms with van der Waals surface area (Å²) in [5, 5.41) is 6.00. The summed E-state index contributed by atoms with van der Waals surface area (Å²) >= 11 is 0. The van der Waals surface area contributed by atoms with Gasteiger partial charge in [0.15, 0.2) is 5.96 Å². The molecule has 0 bridgehead atoms. The second-order valence-corrected chi connectivity index (χ2v) is 6.18. The van der Waals surface area contributed by atoms with Crippen molar-refractivity contribution in [3.8, 4) is 0 Å². The molecule has 0 aliphatic rings. The average molecular weight is 376 g/mol. The maximum absolute atomic E-state index is 12.3. The summed E-state index contributed by atoms with van der Waals surface area (Å²) in [6.45, 7) is 8.73. The van der Waals surface area contributed by atoms with Crippen LogP contribution in [0.2, 0.25) is 0 Å². The zero-order chi connectivity index (χ0) is 20.1. The SMILES string of the molecule is CCNC(=NCC(=O)NCCc1ccccc1)N(C)CC(=O)N(CC)CC. The van der Waals surface area contributed by atoms with E-state index in [0.29, 0.717) is 32.1 Å². The fourth-order valence-corrected chi connectivity index (χ4v) is 2.62. The zero-order valence-electron chi connectivity index (χ0n) is 17.0. The number of guanidine groups is 1. The van der Waals surface area contributed by atoms with E-state index in [1.807, 2.05) is 51.1 Å². The summed E-state index contributed by atoms with van der Waals surface area (Å²) in [5.41, 5.74) is 1.18. The van der Waals surface area contributed by atoms with Crippen LogP contribution >= 0.6 is 0 Å². The Morgan fingerprint density at radius 1 is 1.04 bits per heavy atom. The van der Waals surface area contributed by atoms with E-state index in [4.69, 9.17) is 0 Å². The molecule has 1 aromatic carbocycles. The third-order valence-corrected chi connectivity index (χ3v) is 4.14. The second-order valence-electron chi connectivity index (χ2n) is 6.18. The van der Waals surface area contributed by atoms with Crippen LogP contribution in [0.1, 0.15) is 26.3 Å². The molecule has 0 aromatic heterocycles. The Balaban J connectivity index is 2.51. The number of nitrogens with one attached hydrogen (secondary N) is 2. The van der Waals surface area contributed by atoms with Gasteiger partial charge in [-0.1, -0.05) is 30.3 Å². The molecule has 7 heteroatoms. The minimum atomic E-state index is -0.134. The number of hydrogen-bond donors (Lipinski definition) is 2. The first kappa shape index (κ1) is 22.5. The number of hydrogen-bond acceptors (Lipinski definition) is 3. The van der Waals surface area contributed by atoms with Crippen LogP contribution < -0.4 is 10.6 Å². The van der Waals surface area contributed by atoms with E-state index >= 15 is 0 Å². The van der Waals surface area contributed by atoms with Crippen molar-refractivity contribution in [2.45, 2.75) is 27.2 Å². The van der Waals surface area contributed by atoms with Crippen LogP contribution in [-0.2, 0) is 16.0 Å². The molecule has 0 radical (unpaired) electrons. The number of carbonyl (C=O) groups is 2. The van der Waals surface area contributed by atoms with Gasteiger partial charge in [0.05, 0.1) is 6.54 Å². The van der Waals surface area contributed by atoms with Gasteiger partial charge < -0.3 is 20.4 Å². The Morgan fingerprint density at radius 3 is 2.30 bits per heavy atom. The average Bonchev–Trinajstić information content (AvgIpc) is 2.66. The van der Waals surface area contributed by atoms with Crippen molar-refractivity contribution in [2.75, 3.05) is 46.3 Å². The molecule has 0 heterocycles. The highest BCUT2D eigenvalue weighted by molar-refractivity contribution is 5.88. The van der Waals surface area contributed by atoms with Gasteiger partial charge in [0.25, 0.3) is 0 Å². The van der Waals surface area contributed by atoms with Crippen molar-refractivity contribution in [3.63, 3.8) is 0 Å². The largest absolute Gasteiger partial charge is 0.356 e. The third kappa shape index (κ3) is 8.57. The minimum Gasteiger partial charge on any atom is -0.356 e. The number of rotatable bonds is 10. The van der Waals surface area contributed by atoms with Gasteiger partial charge in [-0.05, 0) is 32.8 Å². The van der Waals surface area contributed by atoms with Crippen molar-refractivity contribution in [2.24, 2.45) is 4.99 Å². The molecule has 0 spiro atoms. The lowest BCUT2D eigenvalue weighted by Crippen LogP contribution is -2.46. The third-order valence-electron chi connectivity index (χ3n) is 4.14. The van der Waals surface area contributed by atoms with Crippen LogP contribution in [0.25, 0.3) is 0 Å². The Labute approximate surface area is 162 Å². The van der Waals surface area contributed by atoms with Gasteiger partial charge in [0, 0.05) is 33.2 Å². The first-order chi connectivity index (χ1) is 13.0. The van der Waals surface area contributed by atoms with E-state index in [1.54, 1.807) is 16.8 Å². The standard InChI is InChI=1S/C20H33N5O2/c1-5-21-20(24(4)16-19(27)25(6-2)7-3)23-15-18(26)22-14-13-17-11-9-8-10-12-17/h8-12H,5-7,13-16H2,1-4H3,(H,21,23)(H,22,26). The van der Waals surface area contributed by atoms with Gasteiger partial charge in [0.1, 0.15) is 6.54 Å². The minimum absolute atomic E-state index is 0.0287. The van der Waals surface area contributed by atoms with E-state index in [0.717, 1.165) is 6.42 Å². The summed E-state index contributed by atoms with van der Waals surface area (Å²) in [6, 6.07) is 10.0. The molecule has 2 N–H and O–H groups in total. The Morgan fingerprint density at radius 2 is 1.70 bits per heavy atom. The van der Waals surface area contributed by atoms with Crippen LogP contribution in [0.5, 0.6) is 0 Å². The number of aliphatic imine (C=N–C) groups is 1. The molecular formula is C20H33N5O2. The van der Waals surface area contributed by atoms with Gasteiger partial charge in [-0.3, -0.25) is 9.59 Å². The molecule has 1 rings (SSSR count).